The molecule has 1 aliphatic heterocycles. The Morgan fingerprint density at radius 1 is 1.16 bits per heavy atom. The van der Waals surface area contributed by atoms with E-state index in [4.69, 9.17) is 5.11 Å². The summed E-state index contributed by atoms with van der Waals surface area (Å²) in [6, 6.07) is 7.09. The molecule has 0 aromatic heterocycles. The van der Waals surface area contributed by atoms with Crippen LogP contribution < -0.4 is 4.72 Å². The summed E-state index contributed by atoms with van der Waals surface area (Å²) in [6.45, 7) is -0.0228. The molecular weight excluding hydrogens is 282 g/mol. The summed E-state index contributed by atoms with van der Waals surface area (Å²) in [5.41, 5.74) is 1.54. The molecule has 1 aromatic carbocycles. The molecule has 0 spiro atoms. The van der Waals surface area contributed by atoms with Gasteiger partial charge >= 0.3 is 0 Å². The van der Waals surface area contributed by atoms with Crippen LogP contribution >= 0.6 is 11.8 Å². The van der Waals surface area contributed by atoms with Crippen LogP contribution in [0.25, 0.3) is 0 Å². The molecule has 0 unspecified atom stereocenters. The van der Waals surface area contributed by atoms with Crippen molar-refractivity contribution >= 4 is 21.8 Å². The molecule has 1 fully saturated rings. The molecule has 2 rings (SSSR count). The van der Waals surface area contributed by atoms with Crippen molar-refractivity contribution in [2.75, 3.05) is 11.5 Å². The van der Waals surface area contributed by atoms with Crippen LogP contribution in [0.1, 0.15) is 24.0 Å². The zero-order chi connectivity index (χ0) is 13.7. The first-order chi connectivity index (χ1) is 9.09. The summed E-state index contributed by atoms with van der Waals surface area (Å²) in [4.78, 5) is 0. The van der Waals surface area contributed by atoms with Gasteiger partial charge in [0, 0.05) is 6.04 Å². The van der Waals surface area contributed by atoms with Gasteiger partial charge in [0.05, 0.1) is 12.4 Å². The normalized spacial score (nSPS) is 17.5. The van der Waals surface area contributed by atoms with E-state index < -0.39 is 10.0 Å². The standard InChI is InChI=1S/C13H19NO3S2/c15-9-11-1-3-12(4-2-11)10-19(16,17)14-13-5-7-18-8-6-13/h1-4,13-15H,5-10H2. The quantitative estimate of drug-likeness (QED) is 0.865. The van der Waals surface area contributed by atoms with Crippen molar-refractivity contribution in [2.45, 2.75) is 31.2 Å². The van der Waals surface area contributed by atoms with Crippen LogP contribution in [-0.2, 0) is 22.4 Å². The number of hydrogen-bond acceptors (Lipinski definition) is 4. The van der Waals surface area contributed by atoms with Gasteiger partial charge < -0.3 is 5.11 Å². The fourth-order valence-electron chi connectivity index (χ4n) is 2.07. The van der Waals surface area contributed by atoms with Crippen molar-refractivity contribution < 1.29 is 13.5 Å². The molecule has 1 saturated heterocycles. The number of aliphatic hydroxyl groups excluding tert-OH is 1. The van der Waals surface area contributed by atoms with Crippen LogP contribution in [-0.4, -0.2) is 31.1 Å². The van der Waals surface area contributed by atoms with E-state index in [0.717, 1.165) is 35.5 Å². The van der Waals surface area contributed by atoms with E-state index in [0.29, 0.717) is 0 Å². The highest BCUT2D eigenvalue weighted by atomic mass is 32.2. The number of nitrogens with one attached hydrogen (secondary N) is 1. The third-order valence-corrected chi connectivity index (χ3v) is 5.58. The van der Waals surface area contributed by atoms with Gasteiger partial charge in [-0.1, -0.05) is 24.3 Å². The Hall–Kier alpha value is -0.560. The predicted molar refractivity (Wildman–Crippen MR) is 78.5 cm³/mol. The lowest BCUT2D eigenvalue weighted by Crippen LogP contribution is -2.37. The number of thioether (sulfide) groups is 1. The molecular formula is C13H19NO3S2. The SMILES string of the molecule is O=S(=O)(Cc1ccc(CO)cc1)NC1CCSCC1. The summed E-state index contributed by atoms with van der Waals surface area (Å²) in [7, 11) is -3.28. The average molecular weight is 301 g/mol. The largest absolute Gasteiger partial charge is 0.392 e. The fourth-order valence-corrected chi connectivity index (χ4v) is 4.64. The van der Waals surface area contributed by atoms with Crippen molar-refractivity contribution in [2.24, 2.45) is 0 Å². The Balaban J connectivity index is 1.95. The van der Waals surface area contributed by atoms with E-state index in [1.165, 1.54) is 0 Å². The minimum absolute atomic E-state index is 0.00233. The van der Waals surface area contributed by atoms with Crippen LogP contribution in [0, 0.1) is 0 Å². The highest BCUT2D eigenvalue weighted by Crippen LogP contribution is 2.18. The fraction of sp³-hybridized carbons (Fsp3) is 0.538. The third-order valence-electron chi connectivity index (χ3n) is 3.13. The molecule has 19 heavy (non-hydrogen) atoms. The predicted octanol–water partition coefficient (Wildman–Crippen LogP) is 1.49. The molecule has 2 N–H and O–H groups in total. The van der Waals surface area contributed by atoms with Gasteiger partial charge in [0.1, 0.15) is 0 Å². The van der Waals surface area contributed by atoms with E-state index in [1.807, 2.05) is 11.8 Å². The summed E-state index contributed by atoms with van der Waals surface area (Å²) in [5, 5.41) is 8.94. The summed E-state index contributed by atoms with van der Waals surface area (Å²) < 4.78 is 26.9. The van der Waals surface area contributed by atoms with Gasteiger partial charge in [-0.2, -0.15) is 11.8 Å². The van der Waals surface area contributed by atoms with Gasteiger partial charge in [-0.05, 0) is 35.5 Å². The first-order valence-electron chi connectivity index (χ1n) is 6.35. The molecule has 0 saturated carbocycles. The number of sulfonamides is 1. The van der Waals surface area contributed by atoms with Crippen molar-refractivity contribution in [3.63, 3.8) is 0 Å². The lowest BCUT2D eigenvalue weighted by molar-refractivity contribution is 0.282. The first kappa shape index (κ1) is 14.8. The minimum atomic E-state index is -3.28. The smallest absolute Gasteiger partial charge is 0.216 e. The van der Waals surface area contributed by atoms with Crippen molar-refractivity contribution in [1.82, 2.24) is 4.72 Å². The van der Waals surface area contributed by atoms with Crippen molar-refractivity contribution in [1.29, 1.82) is 0 Å². The molecule has 0 atom stereocenters. The van der Waals surface area contributed by atoms with Crippen molar-refractivity contribution in [3.8, 4) is 0 Å². The molecule has 1 heterocycles. The summed E-state index contributed by atoms with van der Waals surface area (Å²) in [5.74, 6) is 2.05. The monoisotopic (exact) mass is 301 g/mol. The Morgan fingerprint density at radius 3 is 2.32 bits per heavy atom. The number of hydrogen-bond donors (Lipinski definition) is 2. The van der Waals surface area contributed by atoms with Crippen molar-refractivity contribution in [3.05, 3.63) is 35.4 Å². The van der Waals surface area contributed by atoms with Gasteiger partial charge in [0.15, 0.2) is 0 Å². The second kappa shape index (κ2) is 6.74. The molecule has 0 bridgehead atoms. The minimum Gasteiger partial charge on any atom is -0.392 e. The van der Waals surface area contributed by atoms with E-state index in [2.05, 4.69) is 4.72 Å². The highest BCUT2D eigenvalue weighted by molar-refractivity contribution is 7.99. The Bertz CT molecular complexity index is 493. The second-order valence-corrected chi connectivity index (χ2v) is 7.72. The lowest BCUT2D eigenvalue weighted by Gasteiger charge is -2.22. The third kappa shape index (κ3) is 4.80. The van der Waals surface area contributed by atoms with E-state index >= 15 is 0 Å². The van der Waals surface area contributed by atoms with Gasteiger partial charge in [-0.15, -0.1) is 0 Å². The molecule has 0 aliphatic carbocycles. The van der Waals surface area contributed by atoms with Crippen LogP contribution in [0.2, 0.25) is 0 Å². The number of aliphatic hydroxyl groups is 1. The average Bonchev–Trinajstić information content (AvgIpc) is 2.39. The van der Waals surface area contributed by atoms with Gasteiger partial charge in [-0.25, -0.2) is 13.1 Å². The maximum absolute atomic E-state index is 12.1. The highest BCUT2D eigenvalue weighted by Gasteiger charge is 2.20. The molecule has 1 aliphatic rings. The topological polar surface area (TPSA) is 66.4 Å². The van der Waals surface area contributed by atoms with Gasteiger partial charge in [0.2, 0.25) is 10.0 Å². The summed E-state index contributed by atoms with van der Waals surface area (Å²) in [6.07, 6.45) is 1.82. The molecule has 0 radical (unpaired) electrons. The molecule has 106 valence electrons. The molecule has 0 amide bonds. The number of rotatable bonds is 5. The maximum atomic E-state index is 12.1. The van der Waals surface area contributed by atoms with E-state index in [9.17, 15) is 8.42 Å². The Kier molecular flexibility index (Phi) is 5.27. The molecule has 1 aromatic rings. The van der Waals surface area contributed by atoms with Gasteiger partial charge in [0.25, 0.3) is 0 Å². The van der Waals surface area contributed by atoms with Gasteiger partial charge in [-0.3, -0.25) is 0 Å². The Labute approximate surface area is 118 Å². The summed E-state index contributed by atoms with van der Waals surface area (Å²) >= 11 is 1.87. The molecule has 6 heteroatoms. The van der Waals surface area contributed by atoms with Crippen LogP contribution in [0.5, 0.6) is 0 Å². The zero-order valence-corrected chi connectivity index (χ0v) is 12.3. The van der Waals surface area contributed by atoms with E-state index in [1.54, 1.807) is 24.3 Å². The zero-order valence-electron chi connectivity index (χ0n) is 10.7. The Morgan fingerprint density at radius 2 is 1.74 bits per heavy atom. The maximum Gasteiger partial charge on any atom is 0.216 e. The second-order valence-electron chi connectivity index (χ2n) is 4.74. The van der Waals surface area contributed by atoms with Crippen LogP contribution in [0.4, 0.5) is 0 Å². The van der Waals surface area contributed by atoms with Crippen LogP contribution in [0.3, 0.4) is 0 Å². The van der Waals surface area contributed by atoms with E-state index in [-0.39, 0.29) is 18.4 Å². The van der Waals surface area contributed by atoms with Crippen LogP contribution in [0.15, 0.2) is 24.3 Å². The number of benzene rings is 1. The molecule has 4 nitrogen and oxygen atoms in total. The first-order valence-corrected chi connectivity index (χ1v) is 9.16. The lowest BCUT2D eigenvalue weighted by atomic mass is 10.2.